The van der Waals surface area contributed by atoms with Crippen molar-refractivity contribution in [3.8, 4) is 0 Å². The summed E-state index contributed by atoms with van der Waals surface area (Å²) in [6.07, 6.45) is 1.12. The summed E-state index contributed by atoms with van der Waals surface area (Å²) in [5.41, 5.74) is 11.7. The minimum Gasteiger partial charge on any atom is -0.481 e. The largest absolute Gasteiger partial charge is 0.481 e. The second kappa shape index (κ2) is 8.99. The Morgan fingerprint density at radius 2 is 2.07 bits per heavy atom. The Morgan fingerprint density at radius 1 is 1.30 bits per heavy atom. The first-order valence-corrected chi connectivity index (χ1v) is 7.83. The number of carbonyl (C=O) groups is 3. The average Bonchev–Trinajstić information content (AvgIpc) is 3.13. The van der Waals surface area contributed by atoms with Crippen LogP contribution in [0.3, 0.4) is 0 Å². The Hall–Kier alpha value is -3.89. The van der Waals surface area contributed by atoms with E-state index in [0.29, 0.717) is 11.4 Å². The van der Waals surface area contributed by atoms with Crippen molar-refractivity contribution in [1.82, 2.24) is 20.8 Å². The molecule has 1 heterocycles. The SMILES string of the molecule is NC(N)=Nc1cccc(C(=O)NCC(=O)NC(CC(=O)O)c2ccn[nH]2)c1.[HH].[HH]. The number of hydrogen-bond acceptors (Lipinski definition) is 5. The number of aliphatic carboxylic acids is 1. The van der Waals surface area contributed by atoms with E-state index in [4.69, 9.17) is 16.6 Å². The zero-order valence-corrected chi connectivity index (χ0v) is 14.2. The second-order valence-corrected chi connectivity index (χ2v) is 5.50. The van der Waals surface area contributed by atoms with E-state index in [1.165, 1.54) is 18.3 Å². The van der Waals surface area contributed by atoms with Gasteiger partial charge >= 0.3 is 5.97 Å². The standard InChI is InChI=1S/C16H19N7O4.2H2/c17-16(18)21-10-3-1-2-9(6-10)15(27)19-8-13(24)22-12(7-14(25)26)11-4-5-20-23-11;;/h1-6,12H,7-8H2,(H,19,27)(H,20,23)(H,22,24)(H,25,26)(H4,17,18,21);2*1H. The molecule has 146 valence electrons. The lowest BCUT2D eigenvalue weighted by Crippen LogP contribution is -2.39. The molecule has 1 unspecified atom stereocenters. The van der Waals surface area contributed by atoms with Crippen LogP contribution in [-0.2, 0) is 9.59 Å². The zero-order valence-electron chi connectivity index (χ0n) is 14.2. The minimum atomic E-state index is -1.09. The van der Waals surface area contributed by atoms with E-state index >= 15 is 0 Å². The number of benzene rings is 1. The summed E-state index contributed by atoms with van der Waals surface area (Å²) in [5, 5.41) is 20.3. The third-order valence-electron chi connectivity index (χ3n) is 3.39. The monoisotopic (exact) mass is 377 g/mol. The number of aliphatic imine (C=N–C) groups is 1. The molecule has 0 aliphatic heterocycles. The van der Waals surface area contributed by atoms with E-state index in [2.05, 4.69) is 25.8 Å². The molecule has 2 amide bonds. The third-order valence-corrected chi connectivity index (χ3v) is 3.39. The number of aromatic amines is 1. The topological polar surface area (TPSA) is 189 Å². The van der Waals surface area contributed by atoms with E-state index in [1.807, 2.05) is 0 Å². The van der Waals surface area contributed by atoms with Crippen molar-refractivity contribution in [2.75, 3.05) is 6.54 Å². The lowest BCUT2D eigenvalue weighted by molar-refractivity contribution is -0.137. The summed E-state index contributed by atoms with van der Waals surface area (Å²) in [7, 11) is 0. The van der Waals surface area contributed by atoms with Crippen LogP contribution in [0.15, 0.2) is 41.5 Å². The summed E-state index contributed by atoms with van der Waals surface area (Å²) in [5.74, 6) is -2.29. The van der Waals surface area contributed by atoms with E-state index in [0.717, 1.165) is 0 Å². The van der Waals surface area contributed by atoms with Gasteiger partial charge in [0.1, 0.15) is 0 Å². The van der Waals surface area contributed by atoms with Gasteiger partial charge in [-0.05, 0) is 24.3 Å². The van der Waals surface area contributed by atoms with Gasteiger partial charge in [-0.1, -0.05) is 6.07 Å². The van der Waals surface area contributed by atoms with Crippen LogP contribution < -0.4 is 22.1 Å². The second-order valence-electron chi connectivity index (χ2n) is 5.50. The fraction of sp³-hybridized carbons (Fsp3) is 0.188. The van der Waals surface area contributed by atoms with Gasteiger partial charge in [0, 0.05) is 14.6 Å². The summed E-state index contributed by atoms with van der Waals surface area (Å²) in [6.45, 7) is -0.338. The molecule has 0 bridgehead atoms. The first-order valence-electron chi connectivity index (χ1n) is 7.83. The Morgan fingerprint density at radius 3 is 2.70 bits per heavy atom. The van der Waals surface area contributed by atoms with Gasteiger partial charge in [0.2, 0.25) is 5.91 Å². The van der Waals surface area contributed by atoms with Gasteiger partial charge in [0.25, 0.3) is 5.91 Å². The number of nitrogens with two attached hydrogens (primary N) is 2. The maximum Gasteiger partial charge on any atom is 0.305 e. The van der Waals surface area contributed by atoms with Gasteiger partial charge in [-0.15, -0.1) is 0 Å². The lowest BCUT2D eigenvalue weighted by Gasteiger charge is -2.15. The molecule has 0 aliphatic rings. The van der Waals surface area contributed by atoms with Crippen molar-refractivity contribution < 1.29 is 22.3 Å². The van der Waals surface area contributed by atoms with Gasteiger partial charge in [0.15, 0.2) is 5.96 Å². The van der Waals surface area contributed by atoms with Gasteiger partial charge in [0.05, 0.1) is 30.4 Å². The molecule has 8 N–H and O–H groups in total. The Kier molecular flexibility index (Phi) is 6.47. The maximum absolute atomic E-state index is 12.2. The average molecular weight is 377 g/mol. The molecule has 2 rings (SSSR count). The van der Waals surface area contributed by atoms with Gasteiger partial charge in [-0.25, -0.2) is 4.99 Å². The number of H-pyrrole nitrogens is 1. The van der Waals surface area contributed by atoms with Crippen LogP contribution in [0.25, 0.3) is 0 Å². The molecule has 1 aromatic heterocycles. The third kappa shape index (κ3) is 6.16. The Labute approximate surface area is 156 Å². The fourth-order valence-corrected chi connectivity index (χ4v) is 2.25. The van der Waals surface area contributed by atoms with Crippen molar-refractivity contribution in [3.05, 3.63) is 47.8 Å². The molecule has 0 aliphatic carbocycles. The Balaban J connectivity index is 0.00000392. The lowest BCUT2D eigenvalue weighted by atomic mass is 10.1. The van der Waals surface area contributed by atoms with Crippen LogP contribution >= 0.6 is 0 Å². The molecule has 0 fully saturated rings. The highest BCUT2D eigenvalue weighted by molar-refractivity contribution is 5.97. The molecule has 2 aromatic rings. The number of aromatic nitrogens is 2. The van der Waals surface area contributed by atoms with Gasteiger partial charge in [-0.2, -0.15) is 5.10 Å². The highest BCUT2D eigenvalue weighted by atomic mass is 16.4. The normalized spacial score (nSPS) is 11.3. The molecule has 0 saturated carbocycles. The molecule has 11 heteroatoms. The van der Waals surface area contributed by atoms with Crippen LogP contribution in [0.1, 0.15) is 31.4 Å². The van der Waals surface area contributed by atoms with E-state index < -0.39 is 23.8 Å². The van der Waals surface area contributed by atoms with Crippen molar-refractivity contribution in [3.63, 3.8) is 0 Å². The summed E-state index contributed by atoms with van der Waals surface area (Å²) in [6, 6.07) is 6.98. The number of carboxylic acid groups (broad SMARTS) is 1. The number of carbonyl (C=O) groups excluding carboxylic acids is 2. The smallest absolute Gasteiger partial charge is 0.305 e. The summed E-state index contributed by atoms with van der Waals surface area (Å²) < 4.78 is 0. The predicted molar refractivity (Wildman–Crippen MR) is 100 cm³/mol. The summed E-state index contributed by atoms with van der Waals surface area (Å²) in [4.78, 5) is 39.0. The number of guanidine groups is 1. The summed E-state index contributed by atoms with van der Waals surface area (Å²) >= 11 is 0. The van der Waals surface area contributed by atoms with Crippen LogP contribution in [0.5, 0.6) is 0 Å². The first kappa shape index (κ1) is 19.4. The highest BCUT2D eigenvalue weighted by Gasteiger charge is 2.19. The molecule has 1 aromatic carbocycles. The van der Waals surface area contributed by atoms with Crippen LogP contribution in [0.4, 0.5) is 5.69 Å². The van der Waals surface area contributed by atoms with Crippen LogP contribution in [0, 0.1) is 0 Å². The molecule has 1 atom stereocenters. The number of carboxylic acids is 1. The predicted octanol–water partition coefficient (Wildman–Crippen LogP) is -0.131. The number of rotatable bonds is 8. The van der Waals surface area contributed by atoms with Crippen LogP contribution in [0.2, 0.25) is 0 Å². The molecule has 11 nitrogen and oxygen atoms in total. The van der Waals surface area contributed by atoms with E-state index in [1.54, 1.807) is 18.2 Å². The molecule has 0 spiro atoms. The van der Waals surface area contributed by atoms with E-state index in [-0.39, 0.29) is 27.3 Å². The maximum atomic E-state index is 12.2. The quantitative estimate of drug-likeness (QED) is 0.273. The molecular formula is C16H23N7O4. The zero-order chi connectivity index (χ0) is 19.8. The molecular weight excluding hydrogens is 354 g/mol. The van der Waals surface area contributed by atoms with Crippen LogP contribution in [-0.4, -0.2) is 45.6 Å². The number of nitrogens with zero attached hydrogens (tertiary/aromatic N) is 2. The first-order chi connectivity index (χ1) is 12.8. The number of hydrogen-bond donors (Lipinski definition) is 6. The molecule has 27 heavy (non-hydrogen) atoms. The van der Waals surface area contributed by atoms with Gasteiger partial charge in [-0.3, -0.25) is 19.5 Å². The Bertz CT molecular complexity index is 855. The fourth-order valence-electron chi connectivity index (χ4n) is 2.25. The van der Waals surface area contributed by atoms with Crippen molar-refractivity contribution >= 4 is 29.4 Å². The van der Waals surface area contributed by atoms with Crippen molar-refractivity contribution in [1.29, 1.82) is 0 Å². The number of amides is 2. The number of nitrogens with one attached hydrogen (secondary N) is 3. The van der Waals surface area contributed by atoms with Crippen molar-refractivity contribution in [2.45, 2.75) is 12.5 Å². The minimum absolute atomic E-state index is 0. The molecule has 0 radical (unpaired) electrons. The molecule has 0 saturated heterocycles. The van der Waals surface area contributed by atoms with Crippen molar-refractivity contribution in [2.24, 2.45) is 16.5 Å². The van der Waals surface area contributed by atoms with Gasteiger partial charge < -0.3 is 27.2 Å². The van der Waals surface area contributed by atoms with E-state index in [9.17, 15) is 14.4 Å². The highest BCUT2D eigenvalue weighted by Crippen LogP contribution is 2.14.